The summed E-state index contributed by atoms with van der Waals surface area (Å²) in [6, 6.07) is 15.1. The van der Waals surface area contributed by atoms with Gasteiger partial charge in [0, 0.05) is 35.3 Å². The van der Waals surface area contributed by atoms with E-state index in [9.17, 15) is 4.79 Å². The Hall–Kier alpha value is -1.92. The molecule has 1 fully saturated rings. The Morgan fingerprint density at radius 3 is 2.25 bits per heavy atom. The first-order chi connectivity index (χ1) is 13.6. The van der Waals surface area contributed by atoms with Crippen molar-refractivity contribution >= 4 is 45.6 Å². The highest BCUT2D eigenvalue weighted by molar-refractivity contribution is 7.19. The van der Waals surface area contributed by atoms with Crippen LogP contribution in [0, 0.1) is 5.92 Å². The average Bonchev–Trinajstić information content (AvgIpc) is 3.12. The summed E-state index contributed by atoms with van der Waals surface area (Å²) in [6.07, 6.45) is 1.46. The van der Waals surface area contributed by atoms with E-state index in [-0.39, 0.29) is 11.8 Å². The van der Waals surface area contributed by atoms with Crippen LogP contribution < -0.4 is 5.32 Å². The molecule has 1 saturated heterocycles. The molecule has 0 atom stereocenters. The molecule has 4 nitrogen and oxygen atoms in total. The molecular weight excluding hydrogens is 415 g/mol. The first kappa shape index (κ1) is 19.4. The molecule has 28 heavy (non-hydrogen) atoms. The summed E-state index contributed by atoms with van der Waals surface area (Å²) in [4.78, 5) is 18.2. The van der Waals surface area contributed by atoms with E-state index in [0.29, 0.717) is 34.1 Å². The monoisotopic (exact) mass is 432 g/mol. The Labute approximate surface area is 177 Å². The number of carbonyl (C=O) groups excluding carboxylic acids is 1. The molecule has 0 bridgehead atoms. The molecule has 1 amide bonds. The number of benzene rings is 2. The molecule has 0 spiro atoms. The van der Waals surface area contributed by atoms with Crippen molar-refractivity contribution in [1.82, 2.24) is 4.98 Å². The minimum atomic E-state index is -0.0508. The topological polar surface area (TPSA) is 51.2 Å². The van der Waals surface area contributed by atoms with Crippen molar-refractivity contribution in [2.75, 3.05) is 18.5 Å². The molecule has 144 valence electrons. The average molecular weight is 433 g/mol. The highest BCUT2D eigenvalue weighted by atomic mass is 35.5. The Balaban J connectivity index is 1.73. The molecule has 3 aromatic rings. The smallest absolute Gasteiger partial charge is 0.229 e. The summed E-state index contributed by atoms with van der Waals surface area (Å²) in [5.74, 6) is -0.0707. The third kappa shape index (κ3) is 4.08. The highest BCUT2D eigenvalue weighted by Gasteiger charge is 2.24. The van der Waals surface area contributed by atoms with E-state index in [4.69, 9.17) is 32.9 Å². The van der Waals surface area contributed by atoms with E-state index in [0.717, 1.165) is 28.8 Å². The van der Waals surface area contributed by atoms with Crippen LogP contribution in [-0.2, 0) is 9.53 Å². The number of hydrogen-bond donors (Lipinski definition) is 1. The van der Waals surface area contributed by atoms with Crippen LogP contribution in [0.25, 0.3) is 21.7 Å². The number of hydrogen-bond acceptors (Lipinski definition) is 4. The maximum Gasteiger partial charge on any atom is 0.229 e. The zero-order valence-electron chi connectivity index (χ0n) is 15.0. The maximum absolute atomic E-state index is 12.6. The number of thiazole rings is 1. The molecule has 1 N–H and O–H groups in total. The fraction of sp³-hybridized carbons (Fsp3) is 0.238. The summed E-state index contributed by atoms with van der Waals surface area (Å²) in [5.41, 5.74) is 2.39. The normalized spacial score (nSPS) is 14.8. The number of aromatic nitrogens is 1. The van der Waals surface area contributed by atoms with Gasteiger partial charge in [-0.15, -0.1) is 0 Å². The van der Waals surface area contributed by atoms with Crippen LogP contribution >= 0.6 is 34.5 Å². The van der Waals surface area contributed by atoms with Crippen LogP contribution in [0.2, 0.25) is 10.0 Å². The van der Waals surface area contributed by atoms with Gasteiger partial charge in [0.25, 0.3) is 0 Å². The summed E-state index contributed by atoms with van der Waals surface area (Å²) in [7, 11) is 0. The first-order valence-corrected chi connectivity index (χ1v) is 10.6. The largest absolute Gasteiger partial charge is 0.381 e. The van der Waals surface area contributed by atoms with Gasteiger partial charge in [0.2, 0.25) is 5.91 Å². The molecule has 0 unspecified atom stereocenters. The summed E-state index contributed by atoms with van der Waals surface area (Å²) >= 11 is 14.3. The number of nitrogens with zero attached hydrogens (tertiary/aromatic N) is 1. The lowest BCUT2D eigenvalue weighted by Gasteiger charge is -2.20. The van der Waals surface area contributed by atoms with Crippen molar-refractivity contribution in [3.8, 4) is 21.7 Å². The number of halogens is 2. The van der Waals surface area contributed by atoms with Crippen molar-refractivity contribution in [2.24, 2.45) is 5.92 Å². The fourth-order valence-corrected chi connectivity index (χ4v) is 4.74. The number of anilines is 1. The second-order valence-corrected chi connectivity index (χ2v) is 8.35. The number of nitrogens with one attached hydrogen (secondary N) is 1. The summed E-state index contributed by atoms with van der Waals surface area (Å²) < 4.78 is 5.34. The first-order valence-electron chi connectivity index (χ1n) is 9.02. The minimum absolute atomic E-state index is 0.0199. The van der Waals surface area contributed by atoms with E-state index >= 15 is 0 Å². The second kappa shape index (κ2) is 8.62. The molecule has 2 aromatic carbocycles. The Bertz CT molecular complexity index is 937. The van der Waals surface area contributed by atoms with Gasteiger partial charge in [0.1, 0.15) is 0 Å². The van der Waals surface area contributed by atoms with Crippen molar-refractivity contribution in [2.45, 2.75) is 12.8 Å². The van der Waals surface area contributed by atoms with Crippen molar-refractivity contribution < 1.29 is 9.53 Å². The molecule has 7 heteroatoms. The summed E-state index contributed by atoms with van der Waals surface area (Å²) in [6.45, 7) is 1.23. The number of ether oxygens (including phenoxy) is 1. The molecule has 1 aliphatic rings. The predicted molar refractivity (Wildman–Crippen MR) is 115 cm³/mol. The zero-order chi connectivity index (χ0) is 19.5. The van der Waals surface area contributed by atoms with Gasteiger partial charge in [-0.2, -0.15) is 0 Å². The van der Waals surface area contributed by atoms with Crippen LogP contribution in [0.1, 0.15) is 12.8 Å². The molecule has 0 aliphatic carbocycles. The van der Waals surface area contributed by atoms with Gasteiger partial charge in [-0.1, -0.05) is 70.9 Å². The van der Waals surface area contributed by atoms with Crippen LogP contribution in [0.4, 0.5) is 5.13 Å². The lowest BCUT2D eigenvalue weighted by molar-refractivity contribution is -0.122. The van der Waals surface area contributed by atoms with Crippen molar-refractivity contribution in [3.63, 3.8) is 0 Å². The Kier molecular flexibility index (Phi) is 5.97. The van der Waals surface area contributed by atoms with Crippen molar-refractivity contribution in [1.29, 1.82) is 0 Å². The van der Waals surface area contributed by atoms with Gasteiger partial charge in [0.05, 0.1) is 15.6 Å². The summed E-state index contributed by atoms with van der Waals surface area (Å²) in [5, 5.41) is 4.75. The SMILES string of the molecule is O=C(Nc1nc(-c2ccccc2Cl)c(-c2ccccc2Cl)s1)C1CCOCC1. The minimum Gasteiger partial charge on any atom is -0.381 e. The van der Waals surface area contributed by atoms with Crippen molar-refractivity contribution in [3.05, 3.63) is 58.6 Å². The fourth-order valence-electron chi connectivity index (χ4n) is 3.20. The third-order valence-corrected chi connectivity index (χ3v) is 6.36. The van der Waals surface area contributed by atoms with Crippen LogP contribution in [0.3, 0.4) is 0 Å². The number of carbonyl (C=O) groups is 1. The quantitative estimate of drug-likeness (QED) is 0.537. The molecular formula is C21H18Cl2N2O2S. The molecule has 2 heterocycles. The lowest BCUT2D eigenvalue weighted by Crippen LogP contribution is -2.28. The van der Waals surface area contributed by atoms with Crippen LogP contribution in [0.5, 0.6) is 0 Å². The standard InChI is InChI=1S/C21H18Cl2N2O2S/c22-16-7-3-1-5-14(16)18-19(15-6-2-4-8-17(15)23)28-21(24-18)25-20(26)13-9-11-27-12-10-13/h1-8,13H,9-12H2,(H,24,25,26). The molecule has 1 aromatic heterocycles. The molecule has 4 rings (SSSR count). The molecule has 0 radical (unpaired) electrons. The second-order valence-electron chi connectivity index (χ2n) is 6.53. The van der Waals surface area contributed by atoms with E-state index in [1.165, 1.54) is 11.3 Å². The molecule has 1 aliphatic heterocycles. The Morgan fingerprint density at radius 1 is 1.00 bits per heavy atom. The van der Waals surface area contributed by atoms with Crippen LogP contribution in [0.15, 0.2) is 48.5 Å². The van der Waals surface area contributed by atoms with Crippen LogP contribution in [-0.4, -0.2) is 24.1 Å². The van der Waals surface area contributed by atoms with E-state index in [2.05, 4.69) is 5.32 Å². The van der Waals surface area contributed by atoms with E-state index in [1.807, 2.05) is 48.5 Å². The van der Waals surface area contributed by atoms with Gasteiger partial charge in [0.15, 0.2) is 5.13 Å². The Morgan fingerprint density at radius 2 is 1.61 bits per heavy atom. The maximum atomic E-state index is 12.6. The zero-order valence-corrected chi connectivity index (χ0v) is 17.3. The highest BCUT2D eigenvalue weighted by Crippen LogP contribution is 2.43. The van der Waals surface area contributed by atoms with E-state index < -0.39 is 0 Å². The third-order valence-electron chi connectivity index (χ3n) is 4.70. The van der Waals surface area contributed by atoms with Gasteiger partial charge in [-0.3, -0.25) is 4.79 Å². The number of rotatable bonds is 4. The lowest BCUT2D eigenvalue weighted by atomic mass is 10.00. The van der Waals surface area contributed by atoms with Gasteiger partial charge >= 0.3 is 0 Å². The van der Waals surface area contributed by atoms with Gasteiger partial charge in [-0.05, 0) is 25.0 Å². The van der Waals surface area contributed by atoms with Gasteiger partial charge < -0.3 is 10.1 Å². The van der Waals surface area contributed by atoms with Gasteiger partial charge in [-0.25, -0.2) is 4.98 Å². The van der Waals surface area contributed by atoms with E-state index in [1.54, 1.807) is 0 Å². The molecule has 0 saturated carbocycles. The number of amides is 1. The predicted octanol–water partition coefficient (Wildman–Crippen LogP) is 6.15.